The number of carboxylic acid groups (broad SMARTS) is 1. The monoisotopic (exact) mass is 326 g/mol. The molecule has 3 heterocycles. The van der Waals surface area contributed by atoms with Gasteiger partial charge >= 0.3 is 6.09 Å². The van der Waals surface area contributed by atoms with E-state index >= 15 is 0 Å². The van der Waals surface area contributed by atoms with Crippen LogP contribution in [0.1, 0.15) is 36.3 Å². The Labute approximate surface area is 140 Å². The normalized spacial score (nSPS) is 19.5. The van der Waals surface area contributed by atoms with Gasteiger partial charge in [0.1, 0.15) is 0 Å². The molecule has 0 unspecified atom stereocenters. The molecule has 2 aromatic rings. The van der Waals surface area contributed by atoms with E-state index < -0.39 is 6.09 Å². The summed E-state index contributed by atoms with van der Waals surface area (Å²) in [6, 6.07) is 6.53. The van der Waals surface area contributed by atoms with Gasteiger partial charge in [-0.1, -0.05) is 12.1 Å². The van der Waals surface area contributed by atoms with Crippen molar-refractivity contribution < 1.29 is 14.6 Å². The van der Waals surface area contributed by atoms with Gasteiger partial charge in [-0.3, -0.25) is 0 Å². The van der Waals surface area contributed by atoms with Crippen LogP contribution in [0.4, 0.5) is 4.79 Å². The van der Waals surface area contributed by atoms with Crippen molar-refractivity contribution in [1.29, 1.82) is 0 Å². The highest BCUT2D eigenvalue weighted by Gasteiger charge is 2.21. The molecule has 5 nitrogen and oxygen atoms in total. The van der Waals surface area contributed by atoms with E-state index in [1.165, 1.54) is 32.5 Å². The molecule has 2 aliphatic heterocycles. The zero-order valence-corrected chi connectivity index (χ0v) is 13.6. The van der Waals surface area contributed by atoms with Crippen LogP contribution >= 0.6 is 0 Å². The van der Waals surface area contributed by atoms with Crippen molar-refractivity contribution in [3.05, 3.63) is 41.6 Å². The largest absolute Gasteiger partial charge is 0.465 e. The molecular weight excluding hydrogens is 304 g/mol. The Kier molecular flexibility index (Phi) is 4.02. The van der Waals surface area contributed by atoms with Crippen LogP contribution in [0.25, 0.3) is 16.5 Å². The molecule has 0 spiro atoms. The first-order valence-electron chi connectivity index (χ1n) is 8.58. The fourth-order valence-electron chi connectivity index (χ4n) is 3.79. The molecule has 2 aliphatic rings. The summed E-state index contributed by atoms with van der Waals surface area (Å²) in [5.41, 5.74) is 5.01. The van der Waals surface area contributed by atoms with Crippen molar-refractivity contribution in [2.45, 2.75) is 25.2 Å². The second-order valence-electron chi connectivity index (χ2n) is 6.60. The first kappa shape index (κ1) is 15.3. The Balaban J connectivity index is 1.64. The van der Waals surface area contributed by atoms with E-state index in [9.17, 15) is 4.79 Å². The number of carbonyl (C=O) groups is 1. The Morgan fingerprint density at radius 3 is 2.83 bits per heavy atom. The Bertz CT molecular complexity index is 787. The zero-order chi connectivity index (χ0) is 16.5. The molecule has 1 amide bonds. The molecule has 1 fully saturated rings. The molecule has 1 aromatic carbocycles. The maximum absolute atomic E-state index is 11.0. The third kappa shape index (κ3) is 2.80. The van der Waals surface area contributed by atoms with Crippen molar-refractivity contribution in [3.8, 4) is 0 Å². The molecular formula is C19H22N2O3. The van der Waals surface area contributed by atoms with Gasteiger partial charge < -0.3 is 19.7 Å². The fraction of sp³-hybridized carbons (Fsp3) is 0.421. The van der Waals surface area contributed by atoms with E-state index in [1.54, 1.807) is 0 Å². The molecule has 0 atom stereocenters. The Morgan fingerprint density at radius 1 is 1.29 bits per heavy atom. The number of fused-ring (bicyclic) bond motifs is 1. The first-order chi connectivity index (χ1) is 11.7. The van der Waals surface area contributed by atoms with E-state index in [1.807, 2.05) is 6.08 Å². The first-order valence-corrected chi connectivity index (χ1v) is 8.58. The summed E-state index contributed by atoms with van der Waals surface area (Å²) >= 11 is 0. The van der Waals surface area contributed by atoms with Crippen LogP contribution in [0, 0.1) is 0 Å². The predicted molar refractivity (Wildman–Crippen MR) is 93.3 cm³/mol. The van der Waals surface area contributed by atoms with Gasteiger partial charge in [0.2, 0.25) is 0 Å². The third-order valence-electron chi connectivity index (χ3n) is 5.23. The highest BCUT2D eigenvalue weighted by atomic mass is 16.5. The predicted octanol–water partition coefficient (Wildman–Crippen LogP) is 3.83. The lowest BCUT2D eigenvalue weighted by Gasteiger charge is -2.24. The summed E-state index contributed by atoms with van der Waals surface area (Å²) in [4.78, 5) is 15.9. The second kappa shape index (κ2) is 6.32. The number of aromatic nitrogens is 1. The molecule has 24 heavy (non-hydrogen) atoms. The number of nitrogens with zero attached hydrogens (tertiary/aromatic N) is 1. The highest BCUT2D eigenvalue weighted by Crippen LogP contribution is 2.34. The minimum absolute atomic E-state index is 0.475. The molecule has 1 aromatic heterocycles. The summed E-state index contributed by atoms with van der Waals surface area (Å²) in [5.74, 6) is 0.561. The summed E-state index contributed by atoms with van der Waals surface area (Å²) in [6.45, 7) is 2.72. The number of benzene rings is 1. The highest BCUT2D eigenvalue weighted by molar-refractivity contribution is 5.87. The number of rotatable bonds is 2. The Hall–Kier alpha value is -2.27. The molecule has 0 bridgehead atoms. The molecule has 4 rings (SSSR count). The van der Waals surface area contributed by atoms with E-state index in [2.05, 4.69) is 29.4 Å². The van der Waals surface area contributed by atoms with Crippen LogP contribution in [0.15, 0.2) is 30.5 Å². The fourth-order valence-corrected chi connectivity index (χ4v) is 3.79. The lowest BCUT2D eigenvalue weighted by Crippen LogP contribution is -2.33. The maximum Gasteiger partial charge on any atom is 0.407 e. The SMILES string of the molecule is O=C(O)N1CC=C(c2ccc3[nH]cc(C4CCOCC4)c3c2)CC1. The zero-order valence-electron chi connectivity index (χ0n) is 13.6. The van der Waals surface area contributed by atoms with Gasteiger partial charge in [-0.15, -0.1) is 0 Å². The van der Waals surface area contributed by atoms with Gasteiger partial charge in [-0.2, -0.15) is 0 Å². The van der Waals surface area contributed by atoms with Crippen LogP contribution in [0.3, 0.4) is 0 Å². The number of nitrogens with one attached hydrogen (secondary N) is 1. The van der Waals surface area contributed by atoms with Gasteiger partial charge in [-0.25, -0.2) is 4.79 Å². The van der Waals surface area contributed by atoms with Crippen LogP contribution in [0.5, 0.6) is 0 Å². The molecule has 5 heteroatoms. The average Bonchev–Trinajstić information content (AvgIpc) is 3.05. The van der Waals surface area contributed by atoms with Gasteiger partial charge in [0.25, 0.3) is 0 Å². The van der Waals surface area contributed by atoms with E-state index in [4.69, 9.17) is 9.84 Å². The van der Waals surface area contributed by atoms with Gasteiger partial charge in [0.15, 0.2) is 0 Å². The lowest BCUT2D eigenvalue weighted by atomic mass is 9.90. The summed E-state index contributed by atoms with van der Waals surface area (Å²) in [5, 5.41) is 10.4. The number of hydrogen-bond acceptors (Lipinski definition) is 2. The summed E-state index contributed by atoms with van der Waals surface area (Å²) < 4.78 is 5.49. The van der Waals surface area contributed by atoms with E-state index in [-0.39, 0.29) is 0 Å². The smallest absolute Gasteiger partial charge is 0.407 e. The van der Waals surface area contributed by atoms with Gasteiger partial charge in [-0.05, 0) is 54.0 Å². The molecule has 0 aliphatic carbocycles. The van der Waals surface area contributed by atoms with Crippen molar-refractivity contribution in [2.24, 2.45) is 0 Å². The minimum atomic E-state index is -0.840. The number of ether oxygens (including phenoxy) is 1. The van der Waals surface area contributed by atoms with Crippen molar-refractivity contribution in [1.82, 2.24) is 9.88 Å². The van der Waals surface area contributed by atoms with Crippen LogP contribution in [0.2, 0.25) is 0 Å². The average molecular weight is 326 g/mol. The minimum Gasteiger partial charge on any atom is -0.465 e. The van der Waals surface area contributed by atoms with E-state index in [0.717, 1.165) is 32.5 Å². The standard InChI is InChI=1S/C19H22N2O3/c22-19(23)21-7-3-13(4-8-21)15-1-2-18-16(11-15)17(12-20-18)14-5-9-24-10-6-14/h1-3,11-12,14,20H,4-10H2,(H,22,23). The summed E-state index contributed by atoms with van der Waals surface area (Å²) in [7, 11) is 0. The topological polar surface area (TPSA) is 65.6 Å². The maximum atomic E-state index is 11.0. The van der Waals surface area contributed by atoms with Gasteiger partial charge in [0, 0.05) is 43.4 Å². The van der Waals surface area contributed by atoms with Crippen LogP contribution < -0.4 is 0 Å². The van der Waals surface area contributed by atoms with Crippen molar-refractivity contribution in [2.75, 3.05) is 26.3 Å². The molecule has 0 radical (unpaired) electrons. The number of hydrogen-bond donors (Lipinski definition) is 2. The molecule has 1 saturated heterocycles. The van der Waals surface area contributed by atoms with Gasteiger partial charge in [0.05, 0.1) is 0 Å². The van der Waals surface area contributed by atoms with Crippen molar-refractivity contribution >= 4 is 22.6 Å². The quantitative estimate of drug-likeness (QED) is 0.881. The van der Waals surface area contributed by atoms with E-state index in [0.29, 0.717) is 19.0 Å². The number of H-pyrrole nitrogens is 1. The number of amides is 1. The Morgan fingerprint density at radius 2 is 2.12 bits per heavy atom. The summed E-state index contributed by atoms with van der Waals surface area (Å²) in [6.07, 6.45) is 6.27. The second-order valence-corrected chi connectivity index (χ2v) is 6.60. The van der Waals surface area contributed by atoms with Crippen LogP contribution in [-0.2, 0) is 4.74 Å². The lowest BCUT2D eigenvalue weighted by molar-refractivity contribution is 0.0856. The third-order valence-corrected chi connectivity index (χ3v) is 5.23. The van der Waals surface area contributed by atoms with Crippen LogP contribution in [-0.4, -0.2) is 47.4 Å². The van der Waals surface area contributed by atoms with Crippen molar-refractivity contribution in [3.63, 3.8) is 0 Å². The molecule has 2 N–H and O–H groups in total. The molecule has 126 valence electrons. The number of aromatic amines is 1. The molecule has 0 saturated carbocycles.